The highest BCUT2D eigenvalue weighted by atomic mass is 16.2. The van der Waals surface area contributed by atoms with Crippen LogP contribution in [0.1, 0.15) is 34.6 Å². The zero-order valence-electron chi connectivity index (χ0n) is 14.4. The molecule has 0 heterocycles. The normalized spacial score (nSPS) is 17.6. The lowest BCUT2D eigenvalue weighted by atomic mass is 10.1. The number of carbonyl (C=O) groups excluding carboxylic acids is 1. The van der Waals surface area contributed by atoms with Crippen LogP contribution in [0.5, 0.6) is 0 Å². The van der Waals surface area contributed by atoms with Crippen LogP contribution in [0.3, 0.4) is 0 Å². The van der Waals surface area contributed by atoms with Gasteiger partial charge in [-0.05, 0) is 47.7 Å². The van der Waals surface area contributed by atoms with Crippen molar-refractivity contribution in [1.29, 1.82) is 10.5 Å². The molecule has 0 N–H and O–H groups in total. The molecule has 4 heteroatoms. The average molecular weight is 341 g/mol. The van der Waals surface area contributed by atoms with Crippen molar-refractivity contribution in [2.24, 2.45) is 5.92 Å². The number of nitriles is 2. The Labute approximate surface area is 153 Å². The quantitative estimate of drug-likeness (QED) is 0.752. The van der Waals surface area contributed by atoms with E-state index in [1.165, 1.54) is 0 Å². The van der Waals surface area contributed by atoms with E-state index in [1.807, 2.05) is 30.3 Å². The molecule has 4 nitrogen and oxygen atoms in total. The van der Waals surface area contributed by atoms with Gasteiger partial charge < -0.3 is 4.90 Å². The molecular weight excluding hydrogens is 322 g/mol. The van der Waals surface area contributed by atoms with Crippen LogP contribution in [-0.2, 0) is 11.3 Å². The number of nitrogens with zero attached hydrogens (tertiary/aromatic N) is 3. The summed E-state index contributed by atoms with van der Waals surface area (Å²) in [6.45, 7) is 4.70. The highest BCUT2D eigenvalue weighted by Gasteiger charge is 2.45. The summed E-state index contributed by atoms with van der Waals surface area (Å²) >= 11 is 0. The molecule has 0 spiro atoms. The molecule has 2 unspecified atom stereocenters. The second kappa shape index (κ2) is 7.68. The van der Waals surface area contributed by atoms with E-state index in [-0.39, 0.29) is 17.7 Å². The first-order valence-electron chi connectivity index (χ1n) is 8.55. The molecule has 1 saturated carbocycles. The van der Waals surface area contributed by atoms with E-state index in [4.69, 9.17) is 10.5 Å². The van der Waals surface area contributed by atoms with Crippen molar-refractivity contribution in [3.8, 4) is 12.1 Å². The lowest BCUT2D eigenvalue weighted by molar-refractivity contribution is -0.132. The second-order valence-electron chi connectivity index (χ2n) is 6.50. The van der Waals surface area contributed by atoms with E-state index in [0.29, 0.717) is 24.2 Å². The third-order valence-corrected chi connectivity index (χ3v) is 4.67. The lowest BCUT2D eigenvalue weighted by Crippen LogP contribution is -2.32. The van der Waals surface area contributed by atoms with E-state index in [9.17, 15) is 4.79 Å². The smallest absolute Gasteiger partial charge is 0.226 e. The SMILES string of the molecule is C=CCN(Cc1cccc(C#N)c1)C(=O)C1CC1c1ccc(C#N)cc1. The first kappa shape index (κ1) is 17.5. The predicted octanol–water partition coefficient (Wildman–Crippen LogP) is 3.75. The highest BCUT2D eigenvalue weighted by Crippen LogP contribution is 2.48. The summed E-state index contributed by atoms with van der Waals surface area (Å²) in [4.78, 5) is 14.7. The molecule has 26 heavy (non-hydrogen) atoms. The van der Waals surface area contributed by atoms with Crippen LogP contribution >= 0.6 is 0 Å². The summed E-state index contributed by atoms with van der Waals surface area (Å²) in [5.41, 5.74) is 3.26. The fourth-order valence-corrected chi connectivity index (χ4v) is 3.22. The molecule has 1 aliphatic carbocycles. The van der Waals surface area contributed by atoms with Gasteiger partial charge in [-0.3, -0.25) is 4.79 Å². The lowest BCUT2D eigenvalue weighted by Gasteiger charge is -2.21. The standard InChI is InChI=1S/C22H19N3O/c1-2-10-25(15-18-5-3-4-17(11-18)14-24)22(26)21-12-20(21)19-8-6-16(13-23)7-9-19/h2-9,11,20-21H,1,10,12,15H2. The van der Waals surface area contributed by atoms with Gasteiger partial charge >= 0.3 is 0 Å². The monoisotopic (exact) mass is 341 g/mol. The van der Waals surface area contributed by atoms with Gasteiger partial charge in [-0.1, -0.05) is 30.3 Å². The van der Waals surface area contributed by atoms with E-state index in [2.05, 4.69) is 18.7 Å². The van der Waals surface area contributed by atoms with Crippen LogP contribution in [-0.4, -0.2) is 17.4 Å². The van der Waals surface area contributed by atoms with Gasteiger partial charge in [0.1, 0.15) is 0 Å². The van der Waals surface area contributed by atoms with Gasteiger partial charge in [-0.15, -0.1) is 6.58 Å². The molecule has 2 atom stereocenters. The van der Waals surface area contributed by atoms with Crippen molar-refractivity contribution < 1.29 is 4.79 Å². The Kier molecular flexibility index (Phi) is 5.15. The van der Waals surface area contributed by atoms with Crippen molar-refractivity contribution in [2.45, 2.75) is 18.9 Å². The van der Waals surface area contributed by atoms with Crippen LogP contribution in [0.25, 0.3) is 0 Å². The summed E-state index contributed by atoms with van der Waals surface area (Å²) in [5, 5.41) is 17.9. The summed E-state index contributed by atoms with van der Waals surface area (Å²) in [6, 6.07) is 19.0. The Morgan fingerprint density at radius 1 is 1.15 bits per heavy atom. The zero-order valence-corrected chi connectivity index (χ0v) is 14.4. The van der Waals surface area contributed by atoms with Crippen LogP contribution in [0.15, 0.2) is 61.2 Å². The first-order chi connectivity index (χ1) is 12.7. The van der Waals surface area contributed by atoms with Gasteiger partial charge in [-0.2, -0.15) is 10.5 Å². The van der Waals surface area contributed by atoms with E-state index < -0.39 is 0 Å². The van der Waals surface area contributed by atoms with E-state index in [0.717, 1.165) is 17.5 Å². The molecule has 0 bridgehead atoms. The summed E-state index contributed by atoms with van der Waals surface area (Å²) in [5.74, 6) is 0.302. The summed E-state index contributed by atoms with van der Waals surface area (Å²) in [6.07, 6.45) is 2.56. The summed E-state index contributed by atoms with van der Waals surface area (Å²) in [7, 11) is 0. The maximum Gasteiger partial charge on any atom is 0.226 e. The average Bonchev–Trinajstić information content (AvgIpc) is 3.48. The molecule has 1 fully saturated rings. The fourth-order valence-electron chi connectivity index (χ4n) is 3.22. The highest BCUT2D eigenvalue weighted by molar-refractivity contribution is 5.83. The molecule has 0 saturated heterocycles. The van der Waals surface area contributed by atoms with Gasteiger partial charge in [0.2, 0.25) is 5.91 Å². The fraction of sp³-hybridized carbons (Fsp3) is 0.227. The molecular formula is C22H19N3O. The van der Waals surface area contributed by atoms with Crippen LogP contribution in [0, 0.1) is 28.6 Å². The third-order valence-electron chi connectivity index (χ3n) is 4.67. The predicted molar refractivity (Wildman–Crippen MR) is 98.8 cm³/mol. The second-order valence-corrected chi connectivity index (χ2v) is 6.50. The minimum Gasteiger partial charge on any atom is -0.334 e. The molecule has 3 rings (SSSR count). The number of hydrogen-bond acceptors (Lipinski definition) is 3. The minimum absolute atomic E-state index is 0.0259. The van der Waals surface area contributed by atoms with Crippen molar-refractivity contribution in [3.05, 3.63) is 83.4 Å². The van der Waals surface area contributed by atoms with Gasteiger partial charge in [0.15, 0.2) is 0 Å². The first-order valence-corrected chi connectivity index (χ1v) is 8.55. The number of benzene rings is 2. The number of rotatable bonds is 6. The maximum absolute atomic E-state index is 12.9. The van der Waals surface area contributed by atoms with Crippen LogP contribution < -0.4 is 0 Å². The van der Waals surface area contributed by atoms with Crippen molar-refractivity contribution in [3.63, 3.8) is 0 Å². The molecule has 1 aliphatic rings. The Balaban J connectivity index is 1.70. The number of amides is 1. The Hall–Kier alpha value is -3.37. The molecule has 0 radical (unpaired) electrons. The van der Waals surface area contributed by atoms with Crippen LogP contribution in [0.2, 0.25) is 0 Å². The molecule has 2 aromatic carbocycles. The van der Waals surface area contributed by atoms with Gasteiger partial charge in [-0.25, -0.2) is 0 Å². The molecule has 2 aromatic rings. The maximum atomic E-state index is 12.9. The van der Waals surface area contributed by atoms with Gasteiger partial charge in [0, 0.05) is 19.0 Å². The van der Waals surface area contributed by atoms with Crippen molar-refractivity contribution in [2.75, 3.05) is 6.54 Å². The van der Waals surface area contributed by atoms with E-state index in [1.54, 1.807) is 29.2 Å². The Morgan fingerprint density at radius 3 is 2.54 bits per heavy atom. The van der Waals surface area contributed by atoms with Crippen molar-refractivity contribution in [1.82, 2.24) is 4.90 Å². The summed E-state index contributed by atoms with van der Waals surface area (Å²) < 4.78 is 0. The van der Waals surface area contributed by atoms with Crippen molar-refractivity contribution >= 4 is 5.91 Å². The zero-order chi connectivity index (χ0) is 18.5. The van der Waals surface area contributed by atoms with Gasteiger partial charge in [0.05, 0.1) is 23.3 Å². The van der Waals surface area contributed by atoms with Gasteiger partial charge in [0.25, 0.3) is 0 Å². The molecule has 128 valence electrons. The number of hydrogen-bond donors (Lipinski definition) is 0. The topological polar surface area (TPSA) is 67.9 Å². The Bertz CT molecular complexity index is 902. The largest absolute Gasteiger partial charge is 0.334 e. The minimum atomic E-state index is -0.0259. The Morgan fingerprint density at radius 2 is 1.88 bits per heavy atom. The third kappa shape index (κ3) is 3.82. The van der Waals surface area contributed by atoms with Crippen LogP contribution in [0.4, 0.5) is 0 Å². The molecule has 0 aliphatic heterocycles. The number of carbonyl (C=O) groups is 1. The molecule has 1 amide bonds. The van der Waals surface area contributed by atoms with E-state index >= 15 is 0 Å². The molecule has 0 aromatic heterocycles.